The smallest absolute Gasteiger partial charge is 0.194 e. The quantitative estimate of drug-likeness (QED) is 0.260. The Morgan fingerprint density at radius 3 is 1.46 bits per heavy atom. The van der Waals surface area contributed by atoms with Crippen LogP contribution in [0.4, 0.5) is 0 Å². The van der Waals surface area contributed by atoms with Crippen molar-refractivity contribution in [3.63, 3.8) is 0 Å². The number of aliphatic hydroxyl groups is 2. The standard InChI is InChI=1S/C19H24N4O5/c20-18(21)15(24)7-27-9-1-3-11-12-4-2-10(28-8-16(25)19(22)23)6-14(12)17(26)13(11)5-9/h1-6,15-16,18-19,24-25H,7-8,20-23H2. The van der Waals surface area contributed by atoms with Crippen molar-refractivity contribution in [3.05, 3.63) is 47.5 Å². The van der Waals surface area contributed by atoms with Crippen LogP contribution in [0.1, 0.15) is 15.9 Å². The highest BCUT2D eigenvalue weighted by molar-refractivity contribution is 6.22. The molecule has 2 aromatic carbocycles. The van der Waals surface area contributed by atoms with E-state index in [-0.39, 0.29) is 19.0 Å². The molecule has 0 aromatic heterocycles. The molecule has 9 nitrogen and oxygen atoms in total. The number of hydrogen-bond donors (Lipinski definition) is 6. The third-order valence-corrected chi connectivity index (χ3v) is 4.49. The molecule has 28 heavy (non-hydrogen) atoms. The van der Waals surface area contributed by atoms with Gasteiger partial charge in [0.25, 0.3) is 0 Å². The molecule has 0 spiro atoms. The molecule has 0 amide bonds. The summed E-state index contributed by atoms with van der Waals surface area (Å²) in [6.07, 6.45) is -3.85. The summed E-state index contributed by atoms with van der Waals surface area (Å²) in [5.41, 5.74) is 24.1. The molecule has 0 saturated carbocycles. The van der Waals surface area contributed by atoms with Crippen molar-refractivity contribution >= 4 is 5.78 Å². The van der Waals surface area contributed by atoms with Gasteiger partial charge in [0.1, 0.15) is 36.9 Å². The minimum atomic E-state index is -1.02. The van der Waals surface area contributed by atoms with E-state index in [0.29, 0.717) is 22.6 Å². The number of nitrogens with two attached hydrogens (primary N) is 4. The Balaban J connectivity index is 1.76. The highest BCUT2D eigenvalue weighted by atomic mass is 16.5. The van der Waals surface area contributed by atoms with E-state index in [1.54, 1.807) is 36.4 Å². The second-order valence-electron chi connectivity index (χ2n) is 6.66. The molecule has 10 N–H and O–H groups in total. The molecule has 9 heteroatoms. The average molecular weight is 388 g/mol. The van der Waals surface area contributed by atoms with Crippen LogP contribution in [-0.4, -0.2) is 53.7 Å². The van der Waals surface area contributed by atoms with E-state index in [4.69, 9.17) is 32.4 Å². The third kappa shape index (κ3) is 4.14. The molecule has 0 aliphatic heterocycles. The van der Waals surface area contributed by atoms with Gasteiger partial charge in [-0.2, -0.15) is 0 Å². The van der Waals surface area contributed by atoms with Gasteiger partial charge in [-0.25, -0.2) is 0 Å². The number of benzene rings is 2. The number of fused-ring (bicyclic) bond motifs is 3. The van der Waals surface area contributed by atoms with E-state index in [1.165, 1.54) is 0 Å². The summed E-state index contributed by atoms with van der Waals surface area (Å²) in [6.45, 7) is -0.164. The molecule has 0 fully saturated rings. The zero-order valence-electron chi connectivity index (χ0n) is 15.1. The number of carbonyl (C=O) groups is 1. The first-order valence-corrected chi connectivity index (χ1v) is 8.75. The van der Waals surface area contributed by atoms with Gasteiger partial charge in [0.2, 0.25) is 0 Å². The first kappa shape index (κ1) is 20.2. The van der Waals surface area contributed by atoms with Crippen LogP contribution in [0.25, 0.3) is 11.1 Å². The molecule has 0 heterocycles. The van der Waals surface area contributed by atoms with Crippen LogP contribution in [0.2, 0.25) is 0 Å². The number of hydrogen-bond acceptors (Lipinski definition) is 9. The van der Waals surface area contributed by atoms with Gasteiger partial charge in [-0.1, -0.05) is 0 Å². The Kier molecular flexibility index (Phi) is 5.94. The van der Waals surface area contributed by atoms with Gasteiger partial charge in [0.15, 0.2) is 5.78 Å². The lowest BCUT2D eigenvalue weighted by molar-refractivity contribution is 0.0867. The fraction of sp³-hybridized carbons (Fsp3) is 0.316. The number of aliphatic hydroxyl groups excluding tert-OH is 2. The largest absolute Gasteiger partial charge is 0.491 e. The normalized spacial score (nSPS) is 14.8. The molecule has 0 bridgehead atoms. The Morgan fingerprint density at radius 1 is 0.714 bits per heavy atom. The molecule has 2 atom stereocenters. The molecule has 0 radical (unpaired) electrons. The summed E-state index contributed by atoms with van der Waals surface area (Å²) in [6, 6.07) is 10.2. The van der Waals surface area contributed by atoms with E-state index < -0.39 is 24.5 Å². The van der Waals surface area contributed by atoms with Crippen molar-refractivity contribution in [2.24, 2.45) is 22.9 Å². The van der Waals surface area contributed by atoms with Crippen molar-refractivity contribution in [3.8, 4) is 22.6 Å². The third-order valence-electron chi connectivity index (χ3n) is 4.49. The summed E-state index contributed by atoms with van der Waals surface area (Å²) < 4.78 is 10.9. The number of ether oxygens (including phenoxy) is 2. The van der Waals surface area contributed by atoms with Crippen molar-refractivity contribution in [1.29, 1.82) is 0 Å². The van der Waals surface area contributed by atoms with Crippen LogP contribution in [-0.2, 0) is 0 Å². The van der Waals surface area contributed by atoms with Gasteiger partial charge >= 0.3 is 0 Å². The molecule has 1 aliphatic carbocycles. The van der Waals surface area contributed by atoms with Gasteiger partial charge in [-0.15, -0.1) is 0 Å². The molecule has 2 aromatic rings. The Morgan fingerprint density at radius 2 is 1.11 bits per heavy atom. The highest BCUT2D eigenvalue weighted by Crippen LogP contribution is 2.39. The van der Waals surface area contributed by atoms with E-state index in [9.17, 15) is 15.0 Å². The molecule has 0 saturated heterocycles. The molecule has 3 rings (SSSR count). The SMILES string of the molecule is NC(N)C(O)COc1ccc2c(c1)C(=O)c1cc(OCC(O)C(N)N)ccc1-2. The summed E-state index contributed by atoms with van der Waals surface area (Å²) >= 11 is 0. The Bertz CT molecular complexity index is 802. The van der Waals surface area contributed by atoms with Crippen LogP contribution in [0.5, 0.6) is 11.5 Å². The molecule has 150 valence electrons. The van der Waals surface area contributed by atoms with E-state index in [0.717, 1.165) is 11.1 Å². The summed E-state index contributed by atoms with van der Waals surface area (Å²) in [5.74, 6) is 0.681. The van der Waals surface area contributed by atoms with Crippen molar-refractivity contribution in [2.75, 3.05) is 13.2 Å². The predicted molar refractivity (Wildman–Crippen MR) is 103 cm³/mol. The maximum atomic E-state index is 12.8. The van der Waals surface area contributed by atoms with Gasteiger partial charge in [0.05, 0.1) is 12.3 Å². The van der Waals surface area contributed by atoms with E-state index in [2.05, 4.69) is 0 Å². The first-order valence-electron chi connectivity index (χ1n) is 8.75. The fourth-order valence-electron chi connectivity index (χ4n) is 2.80. The summed E-state index contributed by atoms with van der Waals surface area (Å²) in [5, 5.41) is 19.3. The zero-order chi connectivity index (χ0) is 20.4. The van der Waals surface area contributed by atoms with Crippen molar-refractivity contribution < 1.29 is 24.5 Å². The highest BCUT2D eigenvalue weighted by Gasteiger charge is 2.28. The van der Waals surface area contributed by atoms with Crippen LogP contribution >= 0.6 is 0 Å². The van der Waals surface area contributed by atoms with Crippen molar-refractivity contribution in [2.45, 2.75) is 24.5 Å². The topological polar surface area (TPSA) is 180 Å². The predicted octanol–water partition coefficient (Wildman–Crippen LogP) is -1.14. The first-order chi connectivity index (χ1) is 13.3. The van der Waals surface area contributed by atoms with Crippen LogP contribution in [0, 0.1) is 0 Å². The van der Waals surface area contributed by atoms with Gasteiger partial charge in [-0.3, -0.25) is 4.79 Å². The second kappa shape index (κ2) is 8.23. The monoisotopic (exact) mass is 388 g/mol. The molecule has 2 unspecified atom stereocenters. The lowest BCUT2D eigenvalue weighted by atomic mass is 10.1. The molecular formula is C19H24N4O5. The minimum absolute atomic E-state index is 0.0822. The lowest BCUT2D eigenvalue weighted by Gasteiger charge is -2.15. The number of rotatable bonds is 8. The molecular weight excluding hydrogens is 364 g/mol. The summed E-state index contributed by atoms with van der Waals surface area (Å²) in [4.78, 5) is 12.8. The summed E-state index contributed by atoms with van der Waals surface area (Å²) in [7, 11) is 0. The van der Waals surface area contributed by atoms with Gasteiger partial charge < -0.3 is 42.6 Å². The van der Waals surface area contributed by atoms with Crippen LogP contribution < -0.4 is 32.4 Å². The van der Waals surface area contributed by atoms with E-state index in [1.807, 2.05) is 0 Å². The van der Waals surface area contributed by atoms with Crippen LogP contribution in [0.3, 0.4) is 0 Å². The minimum Gasteiger partial charge on any atom is -0.491 e. The second-order valence-corrected chi connectivity index (χ2v) is 6.66. The molecule has 1 aliphatic rings. The fourth-order valence-corrected chi connectivity index (χ4v) is 2.80. The zero-order valence-corrected chi connectivity index (χ0v) is 15.1. The van der Waals surface area contributed by atoms with Crippen LogP contribution in [0.15, 0.2) is 36.4 Å². The van der Waals surface area contributed by atoms with E-state index >= 15 is 0 Å². The average Bonchev–Trinajstić information content (AvgIpc) is 2.95. The maximum Gasteiger partial charge on any atom is 0.194 e. The maximum absolute atomic E-state index is 12.8. The van der Waals surface area contributed by atoms with Gasteiger partial charge in [-0.05, 0) is 47.5 Å². The van der Waals surface area contributed by atoms with Crippen molar-refractivity contribution in [1.82, 2.24) is 0 Å². The Labute approximate surface area is 161 Å². The number of ketones is 1. The Hall–Kier alpha value is -2.53. The van der Waals surface area contributed by atoms with Gasteiger partial charge in [0, 0.05) is 11.1 Å². The lowest BCUT2D eigenvalue weighted by Crippen LogP contribution is -2.45. The number of carbonyl (C=O) groups excluding carboxylic acids is 1.